The summed E-state index contributed by atoms with van der Waals surface area (Å²) >= 11 is 0. The van der Waals surface area contributed by atoms with Crippen LogP contribution < -0.4 is 10.1 Å². The van der Waals surface area contributed by atoms with Gasteiger partial charge in [0.15, 0.2) is 0 Å². The molecule has 1 N–H and O–H groups in total. The van der Waals surface area contributed by atoms with Crippen molar-refractivity contribution in [2.75, 3.05) is 5.32 Å². The van der Waals surface area contributed by atoms with Crippen LogP contribution >= 0.6 is 0 Å². The minimum atomic E-state index is -4.59. The van der Waals surface area contributed by atoms with E-state index in [0.717, 1.165) is 6.20 Å². The van der Waals surface area contributed by atoms with Crippen LogP contribution in [0, 0.1) is 0 Å². The Bertz CT molecular complexity index is 600. The Balaban J connectivity index is 2.05. The average Bonchev–Trinajstić information content (AvgIpc) is 2.39. The maximum absolute atomic E-state index is 12.4. The van der Waals surface area contributed by atoms with Gasteiger partial charge < -0.3 is 4.74 Å². The van der Waals surface area contributed by atoms with Gasteiger partial charge in [0.1, 0.15) is 11.4 Å². The van der Waals surface area contributed by atoms with Crippen LogP contribution in [-0.4, -0.2) is 11.1 Å². The van der Waals surface area contributed by atoms with Crippen molar-refractivity contribution >= 4 is 11.8 Å². The van der Waals surface area contributed by atoms with Gasteiger partial charge in [-0.25, -0.2) is 4.79 Å². The summed E-state index contributed by atoms with van der Waals surface area (Å²) in [5.41, 5.74) is -0.648. The van der Waals surface area contributed by atoms with Crippen LogP contribution in [0.2, 0.25) is 0 Å². The van der Waals surface area contributed by atoms with Crippen molar-refractivity contribution in [3.8, 4) is 5.75 Å². The molecule has 0 fully saturated rings. The monoisotopic (exact) mass is 282 g/mol. The molecule has 1 heterocycles. The van der Waals surface area contributed by atoms with Crippen molar-refractivity contribution in [3.05, 3.63) is 54.4 Å². The predicted octanol–water partition coefficient (Wildman–Crippen LogP) is 3.71. The molecule has 0 atom stereocenters. The number of rotatable bonds is 2. The topological polar surface area (TPSA) is 51.2 Å². The zero-order valence-corrected chi connectivity index (χ0v) is 10.0. The van der Waals surface area contributed by atoms with Crippen LogP contribution in [0.3, 0.4) is 0 Å². The SMILES string of the molecule is O=C(Nc1ccccc1)Oc1ccnc(C(F)(F)F)c1. The number of hydrogen-bond donors (Lipinski definition) is 1. The van der Waals surface area contributed by atoms with Gasteiger partial charge in [-0.05, 0) is 18.2 Å². The number of hydrogen-bond acceptors (Lipinski definition) is 3. The molecule has 1 aromatic carbocycles. The van der Waals surface area contributed by atoms with Crippen LogP contribution in [0.25, 0.3) is 0 Å². The van der Waals surface area contributed by atoms with Crippen LogP contribution in [0.4, 0.5) is 23.7 Å². The summed E-state index contributed by atoms with van der Waals surface area (Å²) in [5.74, 6) is -0.235. The quantitative estimate of drug-likeness (QED) is 0.913. The Labute approximate surface area is 112 Å². The van der Waals surface area contributed by atoms with E-state index in [1.54, 1.807) is 30.3 Å². The van der Waals surface area contributed by atoms with E-state index >= 15 is 0 Å². The molecule has 0 unspecified atom stereocenters. The third-order valence-corrected chi connectivity index (χ3v) is 2.25. The van der Waals surface area contributed by atoms with E-state index in [1.807, 2.05) is 0 Å². The number of carbonyl (C=O) groups excluding carboxylic acids is 1. The van der Waals surface area contributed by atoms with Gasteiger partial charge in [0.25, 0.3) is 0 Å². The highest BCUT2D eigenvalue weighted by Gasteiger charge is 2.32. The van der Waals surface area contributed by atoms with Crippen LogP contribution in [0.5, 0.6) is 5.75 Å². The van der Waals surface area contributed by atoms with E-state index in [1.165, 1.54) is 6.07 Å². The first kappa shape index (κ1) is 13.9. The molecular formula is C13H9F3N2O2. The van der Waals surface area contributed by atoms with Crippen molar-refractivity contribution in [1.82, 2.24) is 4.98 Å². The lowest BCUT2D eigenvalue weighted by Gasteiger charge is -2.09. The number of halogens is 3. The highest BCUT2D eigenvalue weighted by molar-refractivity contribution is 5.86. The van der Waals surface area contributed by atoms with Gasteiger partial charge in [0.05, 0.1) is 0 Å². The lowest BCUT2D eigenvalue weighted by atomic mass is 10.3. The van der Waals surface area contributed by atoms with Gasteiger partial charge in [-0.15, -0.1) is 0 Å². The lowest BCUT2D eigenvalue weighted by Crippen LogP contribution is -2.17. The van der Waals surface area contributed by atoms with Gasteiger partial charge >= 0.3 is 12.3 Å². The van der Waals surface area contributed by atoms with E-state index in [2.05, 4.69) is 10.3 Å². The first-order valence-electron chi connectivity index (χ1n) is 5.52. The largest absolute Gasteiger partial charge is 0.433 e. The molecule has 0 bridgehead atoms. The molecule has 4 nitrogen and oxygen atoms in total. The number of alkyl halides is 3. The van der Waals surface area contributed by atoms with E-state index in [4.69, 9.17) is 4.74 Å². The summed E-state index contributed by atoms with van der Waals surface area (Å²) in [6.07, 6.45) is -4.54. The number of para-hydroxylation sites is 1. The summed E-state index contributed by atoms with van der Waals surface area (Å²) in [6, 6.07) is 10.2. The minimum absolute atomic E-state index is 0.235. The Morgan fingerprint density at radius 2 is 1.85 bits per heavy atom. The van der Waals surface area contributed by atoms with Crippen LogP contribution in [0.1, 0.15) is 5.69 Å². The van der Waals surface area contributed by atoms with E-state index in [0.29, 0.717) is 11.8 Å². The zero-order chi connectivity index (χ0) is 14.6. The summed E-state index contributed by atoms with van der Waals surface area (Å²) in [6.45, 7) is 0. The first-order valence-corrected chi connectivity index (χ1v) is 5.52. The van der Waals surface area contributed by atoms with Crippen LogP contribution in [0.15, 0.2) is 48.7 Å². The average molecular weight is 282 g/mol. The number of pyridine rings is 1. The summed E-state index contributed by atoms with van der Waals surface area (Å²) < 4.78 is 42.1. The van der Waals surface area contributed by atoms with E-state index in [-0.39, 0.29) is 5.75 Å². The molecule has 2 aromatic rings. The van der Waals surface area contributed by atoms with Gasteiger partial charge in [0.2, 0.25) is 0 Å². The molecule has 0 radical (unpaired) electrons. The third-order valence-electron chi connectivity index (χ3n) is 2.25. The highest BCUT2D eigenvalue weighted by Crippen LogP contribution is 2.29. The second-order valence-corrected chi connectivity index (χ2v) is 3.76. The number of nitrogens with one attached hydrogen (secondary N) is 1. The van der Waals surface area contributed by atoms with Crippen LogP contribution in [-0.2, 0) is 6.18 Å². The number of ether oxygens (including phenoxy) is 1. The van der Waals surface area contributed by atoms with E-state index < -0.39 is 18.0 Å². The summed E-state index contributed by atoms with van der Waals surface area (Å²) in [5, 5.41) is 2.39. The molecular weight excluding hydrogens is 273 g/mol. The maximum atomic E-state index is 12.4. The third kappa shape index (κ3) is 3.71. The lowest BCUT2D eigenvalue weighted by molar-refractivity contribution is -0.141. The molecule has 0 aliphatic heterocycles. The highest BCUT2D eigenvalue weighted by atomic mass is 19.4. The molecule has 2 rings (SSSR count). The molecule has 0 spiro atoms. The molecule has 0 aliphatic carbocycles. The first-order chi connectivity index (χ1) is 9.45. The number of benzene rings is 1. The van der Waals surface area contributed by atoms with E-state index in [9.17, 15) is 18.0 Å². The second-order valence-electron chi connectivity index (χ2n) is 3.76. The number of anilines is 1. The van der Waals surface area contributed by atoms with Crippen molar-refractivity contribution in [1.29, 1.82) is 0 Å². The molecule has 7 heteroatoms. The Hall–Kier alpha value is -2.57. The normalized spacial score (nSPS) is 10.9. The number of aromatic nitrogens is 1. The number of nitrogens with zero attached hydrogens (tertiary/aromatic N) is 1. The Kier molecular flexibility index (Phi) is 3.88. The minimum Gasteiger partial charge on any atom is -0.410 e. The predicted molar refractivity (Wildman–Crippen MR) is 65.3 cm³/mol. The van der Waals surface area contributed by atoms with Crippen molar-refractivity contribution in [2.24, 2.45) is 0 Å². The number of amides is 1. The fraction of sp³-hybridized carbons (Fsp3) is 0.0769. The Morgan fingerprint density at radius 3 is 2.50 bits per heavy atom. The molecule has 104 valence electrons. The van der Waals surface area contributed by atoms with Gasteiger partial charge in [-0.2, -0.15) is 13.2 Å². The second kappa shape index (κ2) is 5.60. The van der Waals surface area contributed by atoms with Crippen molar-refractivity contribution in [3.63, 3.8) is 0 Å². The standard InChI is InChI=1S/C13H9F3N2O2/c14-13(15,16)11-8-10(6-7-17-11)20-12(19)18-9-4-2-1-3-5-9/h1-8H,(H,18,19). The summed E-state index contributed by atoms with van der Waals surface area (Å²) in [7, 11) is 0. The number of carbonyl (C=O) groups is 1. The fourth-order valence-electron chi connectivity index (χ4n) is 1.40. The molecule has 0 aliphatic rings. The van der Waals surface area contributed by atoms with Gasteiger partial charge in [-0.3, -0.25) is 10.3 Å². The smallest absolute Gasteiger partial charge is 0.410 e. The molecule has 1 aromatic heterocycles. The fourth-order valence-corrected chi connectivity index (χ4v) is 1.40. The molecule has 20 heavy (non-hydrogen) atoms. The van der Waals surface area contributed by atoms with Crippen molar-refractivity contribution < 1.29 is 22.7 Å². The van der Waals surface area contributed by atoms with Gasteiger partial charge in [-0.1, -0.05) is 18.2 Å². The summed E-state index contributed by atoms with van der Waals surface area (Å²) in [4.78, 5) is 14.7. The van der Waals surface area contributed by atoms with Gasteiger partial charge in [0, 0.05) is 18.0 Å². The maximum Gasteiger partial charge on any atom is 0.433 e. The zero-order valence-electron chi connectivity index (χ0n) is 10.0. The molecule has 1 amide bonds. The Morgan fingerprint density at radius 1 is 1.15 bits per heavy atom. The molecule has 0 saturated heterocycles. The molecule has 0 saturated carbocycles. The van der Waals surface area contributed by atoms with Crippen molar-refractivity contribution in [2.45, 2.75) is 6.18 Å².